The summed E-state index contributed by atoms with van der Waals surface area (Å²) in [7, 11) is 0. The second kappa shape index (κ2) is 4.95. The predicted molar refractivity (Wildman–Crippen MR) is 87.6 cm³/mol. The lowest BCUT2D eigenvalue weighted by Crippen LogP contribution is -2.01. The molecule has 21 heavy (non-hydrogen) atoms. The average Bonchev–Trinajstić information content (AvgIpc) is 3.02. The molecule has 102 valence electrons. The summed E-state index contributed by atoms with van der Waals surface area (Å²) in [6, 6.07) is 18.0. The van der Waals surface area contributed by atoms with E-state index >= 15 is 0 Å². The highest BCUT2D eigenvalue weighted by Crippen LogP contribution is 2.34. The number of hydrogen-bond acceptors (Lipinski definition) is 3. The Bertz CT molecular complexity index is 923. The molecule has 0 saturated heterocycles. The normalized spacial score (nSPS) is 12.8. The molecule has 4 rings (SSSR count). The van der Waals surface area contributed by atoms with Crippen molar-refractivity contribution in [2.45, 2.75) is 6.10 Å². The van der Waals surface area contributed by atoms with E-state index in [4.69, 9.17) is 0 Å². The molecule has 0 aliphatic rings. The number of pyridine rings is 1. The minimum atomic E-state index is -0.639. The Balaban J connectivity index is 1.94. The Morgan fingerprint density at radius 2 is 1.81 bits per heavy atom. The minimum Gasteiger partial charge on any atom is -0.384 e. The Morgan fingerprint density at radius 3 is 2.76 bits per heavy atom. The van der Waals surface area contributed by atoms with Crippen LogP contribution in [-0.2, 0) is 0 Å². The topological polar surface area (TPSA) is 33.1 Å². The third-order valence-electron chi connectivity index (χ3n) is 3.78. The summed E-state index contributed by atoms with van der Waals surface area (Å²) in [5.74, 6) is 0. The van der Waals surface area contributed by atoms with Crippen LogP contribution in [0.15, 0.2) is 66.2 Å². The molecule has 0 aliphatic carbocycles. The largest absolute Gasteiger partial charge is 0.384 e. The molecular weight excluding hydrogens is 278 g/mol. The van der Waals surface area contributed by atoms with Crippen molar-refractivity contribution in [1.29, 1.82) is 0 Å². The van der Waals surface area contributed by atoms with Gasteiger partial charge < -0.3 is 5.11 Å². The molecule has 0 radical (unpaired) electrons. The van der Waals surface area contributed by atoms with Gasteiger partial charge in [0.25, 0.3) is 0 Å². The summed E-state index contributed by atoms with van der Waals surface area (Å²) in [4.78, 5) is 4.36. The third kappa shape index (κ3) is 2.02. The molecule has 0 fully saturated rings. The first kappa shape index (κ1) is 12.5. The van der Waals surface area contributed by atoms with Crippen LogP contribution in [0.25, 0.3) is 21.0 Å². The number of rotatable bonds is 2. The molecule has 2 heterocycles. The summed E-state index contributed by atoms with van der Waals surface area (Å²) in [5.41, 5.74) is 2.77. The van der Waals surface area contributed by atoms with Gasteiger partial charge in [-0.3, -0.25) is 4.98 Å². The first-order valence-corrected chi connectivity index (χ1v) is 7.70. The zero-order valence-corrected chi connectivity index (χ0v) is 12.0. The van der Waals surface area contributed by atoms with Gasteiger partial charge in [-0.25, -0.2) is 0 Å². The van der Waals surface area contributed by atoms with Gasteiger partial charge in [-0.2, -0.15) is 0 Å². The molecule has 0 aliphatic heterocycles. The summed E-state index contributed by atoms with van der Waals surface area (Å²) in [5, 5.41) is 15.1. The highest BCUT2D eigenvalue weighted by atomic mass is 32.1. The Labute approximate surface area is 126 Å². The van der Waals surface area contributed by atoms with E-state index in [2.05, 4.69) is 22.5 Å². The Hall–Kier alpha value is -2.23. The summed E-state index contributed by atoms with van der Waals surface area (Å²) < 4.78 is 1.14. The molecule has 0 saturated carbocycles. The van der Waals surface area contributed by atoms with E-state index in [1.165, 1.54) is 5.39 Å². The molecule has 0 bridgehead atoms. The first-order chi connectivity index (χ1) is 10.3. The van der Waals surface area contributed by atoms with Crippen LogP contribution in [0.5, 0.6) is 0 Å². The van der Waals surface area contributed by atoms with E-state index in [0.717, 1.165) is 26.7 Å². The standard InChI is InChI=1S/C18H13NOS/c20-17(15-6-3-4-12-9-11-21-18(12)15)14-8-10-19-16-7-2-1-5-13(14)16/h1-11,17,20H. The molecule has 1 atom stereocenters. The molecule has 1 unspecified atom stereocenters. The van der Waals surface area contributed by atoms with Gasteiger partial charge in [0, 0.05) is 21.8 Å². The van der Waals surface area contributed by atoms with Crippen LogP contribution < -0.4 is 0 Å². The average molecular weight is 291 g/mol. The maximum Gasteiger partial charge on any atom is 0.106 e. The number of benzene rings is 2. The summed E-state index contributed by atoms with van der Waals surface area (Å²) >= 11 is 1.67. The van der Waals surface area contributed by atoms with Gasteiger partial charge in [-0.1, -0.05) is 36.4 Å². The number of para-hydroxylation sites is 1. The van der Waals surface area contributed by atoms with Crippen molar-refractivity contribution >= 4 is 32.3 Å². The van der Waals surface area contributed by atoms with Gasteiger partial charge in [0.2, 0.25) is 0 Å². The Morgan fingerprint density at radius 1 is 0.905 bits per heavy atom. The van der Waals surface area contributed by atoms with Crippen molar-refractivity contribution in [2.24, 2.45) is 0 Å². The lowest BCUT2D eigenvalue weighted by molar-refractivity contribution is 0.223. The molecule has 0 spiro atoms. The predicted octanol–water partition coefficient (Wildman–Crippen LogP) is 4.53. The maximum atomic E-state index is 10.9. The van der Waals surface area contributed by atoms with Crippen molar-refractivity contribution in [3.63, 3.8) is 0 Å². The van der Waals surface area contributed by atoms with E-state index in [9.17, 15) is 5.11 Å². The van der Waals surface area contributed by atoms with E-state index in [1.807, 2.05) is 42.5 Å². The Kier molecular flexibility index (Phi) is 2.95. The quantitative estimate of drug-likeness (QED) is 0.588. The minimum absolute atomic E-state index is 0.639. The molecule has 2 nitrogen and oxygen atoms in total. The summed E-state index contributed by atoms with van der Waals surface area (Å²) in [6.07, 6.45) is 1.12. The molecule has 1 N–H and O–H groups in total. The lowest BCUT2D eigenvalue weighted by Gasteiger charge is -2.14. The second-order valence-corrected chi connectivity index (χ2v) is 5.92. The molecule has 2 aromatic heterocycles. The zero-order chi connectivity index (χ0) is 14.2. The molecule has 3 heteroatoms. The maximum absolute atomic E-state index is 10.9. The fourth-order valence-corrected chi connectivity index (χ4v) is 3.69. The van der Waals surface area contributed by atoms with Crippen LogP contribution in [0.4, 0.5) is 0 Å². The van der Waals surface area contributed by atoms with E-state index in [-0.39, 0.29) is 0 Å². The van der Waals surface area contributed by atoms with Crippen molar-refractivity contribution in [2.75, 3.05) is 0 Å². The fraction of sp³-hybridized carbons (Fsp3) is 0.0556. The SMILES string of the molecule is OC(c1ccnc2ccccc12)c1cccc2ccsc12. The van der Waals surface area contributed by atoms with E-state index in [1.54, 1.807) is 17.5 Å². The monoisotopic (exact) mass is 291 g/mol. The van der Waals surface area contributed by atoms with E-state index in [0.29, 0.717) is 0 Å². The van der Waals surface area contributed by atoms with Gasteiger partial charge >= 0.3 is 0 Å². The van der Waals surface area contributed by atoms with Crippen molar-refractivity contribution in [3.8, 4) is 0 Å². The smallest absolute Gasteiger partial charge is 0.106 e. The van der Waals surface area contributed by atoms with Crippen LogP contribution >= 0.6 is 11.3 Å². The van der Waals surface area contributed by atoms with Crippen LogP contribution in [0.2, 0.25) is 0 Å². The van der Waals surface area contributed by atoms with E-state index < -0.39 is 6.10 Å². The van der Waals surface area contributed by atoms with Crippen LogP contribution in [0, 0.1) is 0 Å². The summed E-state index contributed by atoms with van der Waals surface area (Å²) in [6.45, 7) is 0. The van der Waals surface area contributed by atoms with Gasteiger partial charge in [-0.05, 0) is 34.5 Å². The van der Waals surface area contributed by atoms with Gasteiger partial charge in [0.1, 0.15) is 6.10 Å². The number of thiophene rings is 1. The molecular formula is C18H13NOS. The van der Waals surface area contributed by atoms with Gasteiger partial charge in [0.15, 0.2) is 0 Å². The highest BCUT2D eigenvalue weighted by Gasteiger charge is 2.16. The highest BCUT2D eigenvalue weighted by molar-refractivity contribution is 7.17. The lowest BCUT2D eigenvalue weighted by atomic mass is 9.97. The molecule has 2 aromatic carbocycles. The number of hydrogen-bond donors (Lipinski definition) is 1. The second-order valence-electron chi connectivity index (χ2n) is 5.01. The number of aliphatic hydroxyl groups is 1. The first-order valence-electron chi connectivity index (χ1n) is 6.82. The number of fused-ring (bicyclic) bond motifs is 2. The molecule has 0 amide bonds. The van der Waals surface area contributed by atoms with Gasteiger partial charge in [-0.15, -0.1) is 11.3 Å². The van der Waals surface area contributed by atoms with Crippen LogP contribution in [0.1, 0.15) is 17.2 Å². The van der Waals surface area contributed by atoms with Crippen molar-refractivity contribution in [3.05, 3.63) is 77.3 Å². The number of aliphatic hydroxyl groups excluding tert-OH is 1. The third-order valence-corrected chi connectivity index (χ3v) is 4.76. The molecule has 4 aromatic rings. The fourth-order valence-electron chi connectivity index (χ4n) is 2.76. The van der Waals surface area contributed by atoms with Crippen molar-refractivity contribution < 1.29 is 5.11 Å². The van der Waals surface area contributed by atoms with Crippen LogP contribution in [-0.4, -0.2) is 10.1 Å². The zero-order valence-electron chi connectivity index (χ0n) is 11.2. The van der Waals surface area contributed by atoms with Gasteiger partial charge in [0.05, 0.1) is 5.52 Å². The number of nitrogens with zero attached hydrogens (tertiary/aromatic N) is 1. The number of aromatic nitrogens is 1. The van der Waals surface area contributed by atoms with Crippen molar-refractivity contribution in [1.82, 2.24) is 4.98 Å². The van der Waals surface area contributed by atoms with Crippen LogP contribution in [0.3, 0.4) is 0 Å².